The lowest BCUT2D eigenvalue weighted by Crippen LogP contribution is -2.45. The van der Waals surface area contributed by atoms with Crippen molar-refractivity contribution >= 4 is 11.8 Å². The van der Waals surface area contributed by atoms with Crippen LogP contribution in [0.1, 0.15) is 52.8 Å². The molecule has 1 saturated heterocycles. The third-order valence-corrected chi connectivity index (χ3v) is 6.75. The van der Waals surface area contributed by atoms with Gasteiger partial charge in [0.25, 0.3) is 11.8 Å². The average molecular weight is 468 g/mol. The Morgan fingerprint density at radius 1 is 1.09 bits per heavy atom. The molecule has 8 heteroatoms. The zero-order valence-electron chi connectivity index (χ0n) is 19.8. The Balaban J connectivity index is 1.45. The average Bonchev–Trinajstić information content (AvgIpc) is 2.89. The second-order valence-corrected chi connectivity index (χ2v) is 8.99. The highest BCUT2D eigenvalue weighted by molar-refractivity contribution is 5.97. The number of pyridine rings is 1. The van der Waals surface area contributed by atoms with Crippen molar-refractivity contribution in [2.75, 3.05) is 46.6 Å². The Kier molecular flexibility index (Phi) is 8.00. The summed E-state index contributed by atoms with van der Waals surface area (Å²) in [6, 6.07) is 10.8. The van der Waals surface area contributed by atoms with Crippen molar-refractivity contribution < 1.29 is 23.8 Å². The van der Waals surface area contributed by atoms with Crippen LogP contribution in [0.5, 0.6) is 11.6 Å². The smallest absolute Gasteiger partial charge is 0.255 e. The Morgan fingerprint density at radius 2 is 1.91 bits per heavy atom. The maximum atomic E-state index is 13.0. The number of nitrogens with zero attached hydrogens (tertiary/aromatic N) is 2. The molecule has 0 aliphatic carbocycles. The van der Waals surface area contributed by atoms with Crippen LogP contribution in [0.15, 0.2) is 42.6 Å². The first kappa shape index (κ1) is 24.0. The largest absolute Gasteiger partial charge is 0.492 e. The zero-order chi connectivity index (χ0) is 23.8. The van der Waals surface area contributed by atoms with E-state index in [1.54, 1.807) is 31.5 Å². The number of ether oxygens (including phenoxy) is 3. The quantitative estimate of drug-likeness (QED) is 0.729. The van der Waals surface area contributed by atoms with Crippen molar-refractivity contribution in [3.8, 4) is 11.6 Å². The van der Waals surface area contributed by atoms with Gasteiger partial charge < -0.3 is 24.4 Å². The normalized spacial score (nSPS) is 19.3. The summed E-state index contributed by atoms with van der Waals surface area (Å²) in [5, 5.41) is 2.90. The lowest BCUT2D eigenvalue weighted by molar-refractivity contribution is 0.0340. The molecule has 2 aliphatic heterocycles. The standard InChI is InChI=1S/C26H33N3O5/c1-32-23-9-8-20(18-28-23)25(31)29-14-11-26(12-15-29)10-4-5-16-33-17-13-27-24(30)21-6-2-3-7-22(21)34-19-26/h2-3,6-9,18H,4-5,10-17,19H2,1H3,(H,27,30). The molecule has 2 aliphatic rings. The number of aromatic nitrogens is 1. The number of likely N-dealkylation sites (tertiary alicyclic amines) is 1. The van der Waals surface area contributed by atoms with Gasteiger partial charge in [0.1, 0.15) is 5.75 Å². The van der Waals surface area contributed by atoms with Crippen LogP contribution in [-0.2, 0) is 4.74 Å². The van der Waals surface area contributed by atoms with Gasteiger partial charge in [0.15, 0.2) is 0 Å². The molecule has 3 heterocycles. The predicted octanol–water partition coefficient (Wildman–Crippen LogP) is 3.32. The van der Waals surface area contributed by atoms with Crippen LogP contribution in [0.4, 0.5) is 0 Å². The van der Waals surface area contributed by atoms with Crippen LogP contribution in [0.2, 0.25) is 0 Å². The predicted molar refractivity (Wildman–Crippen MR) is 127 cm³/mol. The first-order chi connectivity index (χ1) is 16.6. The first-order valence-electron chi connectivity index (χ1n) is 12.0. The molecule has 34 heavy (non-hydrogen) atoms. The molecule has 1 N–H and O–H groups in total. The molecule has 0 radical (unpaired) electrons. The molecule has 0 unspecified atom stereocenters. The molecule has 0 bridgehead atoms. The van der Waals surface area contributed by atoms with Gasteiger partial charge in [0.05, 0.1) is 31.5 Å². The molecular weight excluding hydrogens is 434 g/mol. The van der Waals surface area contributed by atoms with Crippen LogP contribution in [0.25, 0.3) is 0 Å². The lowest BCUT2D eigenvalue weighted by atomic mass is 9.75. The molecule has 182 valence electrons. The van der Waals surface area contributed by atoms with Crippen molar-refractivity contribution in [1.82, 2.24) is 15.2 Å². The number of para-hydroxylation sites is 1. The number of carbonyl (C=O) groups excluding carboxylic acids is 2. The maximum Gasteiger partial charge on any atom is 0.255 e. The molecular formula is C26H33N3O5. The molecule has 2 aromatic rings. The SMILES string of the molecule is COc1ccc(C(=O)N2CCC3(CCCCOCCNC(=O)c4ccccc4OC3)CC2)cn1. The minimum Gasteiger partial charge on any atom is -0.492 e. The number of nitrogens with one attached hydrogen (secondary N) is 1. The highest BCUT2D eigenvalue weighted by Gasteiger charge is 2.37. The van der Waals surface area contributed by atoms with E-state index in [4.69, 9.17) is 14.2 Å². The second kappa shape index (κ2) is 11.3. The van der Waals surface area contributed by atoms with Gasteiger partial charge >= 0.3 is 0 Å². The number of fused-ring (bicyclic) bond motifs is 1. The molecule has 1 aromatic carbocycles. The molecule has 0 atom stereocenters. The van der Waals surface area contributed by atoms with Crippen molar-refractivity contribution in [3.63, 3.8) is 0 Å². The van der Waals surface area contributed by atoms with E-state index in [0.29, 0.717) is 62.2 Å². The van der Waals surface area contributed by atoms with Crippen molar-refractivity contribution in [2.24, 2.45) is 5.41 Å². The van der Waals surface area contributed by atoms with Crippen LogP contribution in [0, 0.1) is 5.41 Å². The monoisotopic (exact) mass is 467 g/mol. The van der Waals surface area contributed by atoms with Crippen LogP contribution < -0.4 is 14.8 Å². The number of piperidine rings is 1. The maximum absolute atomic E-state index is 13.0. The number of hydrogen-bond acceptors (Lipinski definition) is 6. The molecule has 0 saturated carbocycles. The Bertz CT molecular complexity index is 971. The van der Waals surface area contributed by atoms with Gasteiger partial charge in [0.2, 0.25) is 5.88 Å². The Morgan fingerprint density at radius 3 is 2.68 bits per heavy atom. The highest BCUT2D eigenvalue weighted by Crippen LogP contribution is 2.38. The van der Waals surface area contributed by atoms with E-state index in [0.717, 1.165) is 32.1 Å². The molecule has 2 amide bonds. The minimum absolute atomic E-state index is 0.0118. The number of benzene rings is 1. The number of hydrogen-bond donors (Lipinski definition) is 1. The Labute approximate surface area is 200 Å². The van der Waals surface area contributed by atoms with E-state index in [1.165, 1.54) is 0 Å². The van der Waals surface area contributed by atoms with Gasteiger partial charge in [-0.25, -0.2) is 4.98 Å². The van der Waals surface area contributed by atoms with Gasteiger partial charge in [-0.2, -0.15) is 0 Å². The molecule has 1 fully saturated rings. The number of methoxy groups -OCH3 is 1. The number of carbonyl (C=O) groups is 2. The van der Waals surface area contributed by atoms with Crippen molar-refractivity contribution in [3.05, 3.63) is 53.7 Å². The van der Waals surface area contributed by atoms with E-state index in [2.05, 4.69) is 10.3 Å². The van der Waals surface area contributed by atoms with Crippen LogP contribution in [0.3, 0.4) is 0 Å². The van der Waals surface area contributed by atoms with E-state index >= 15 is 0 Å². The summed E-state index contributed by atoms with van der Waals surface area (Å²) in [4.78, 5) is 31.7. The van der Waals surface area contributed by atoms with E-state index in [9.17, 15) is 9.59 Å². The fourth-order valence-electron chi connectivity index (χ4n) is 4.61. The summed E-state index contributed by atoms with van der Waals surface area (Å²) in [7, 11) is 1.55. The first-order valence-corrected chi connectivity index (χ1v) is 12.0. The number of amides is 2. The highest BCUT2D eigenvalue weighted by atomic mass is 16.5. The third-order valence-electron chi connectivity index (χ3n) is 6.75. The fourth-order valence-corrected chi connectivity index (χ4v) is 4.61. The van der Waals surface area contributed by atoms with Crippen LogP contribution in [-0.4, -0.2) is 68.3 Å². The van der Waals surface area contributed by atoms with E-state index < -0.39 is 0 Å². The zero-order valence-corrected chi connectivity index (χ0v) is 19.8. The van der Waals surface area contributed by atoms with E-state index in [-0.39, 0.29) is 17.2 Å². The van der Waals surface area contributed by atoms with Gasteiger partial charge in [0, 0.05) is 43.9 Å². The number of rotatable bonds is 2. The Hall–Kier alpha value is -3.13. The molecule has 8 nitrogen and oxygen atoms in total. The second-order valence-electron chi connectivity index (χ2n) is 8.99. The molecule has 4 rings (SSSR count). The van der Waals surface area contributed by atoms with Gasteiger partial charge in [-0.1, -0.05) is 18.6 Å². The third kappa shape index (κ3) is 5.86. The van der Waals surface area contributed by atoms with Crippen molar-refractivity contribution in [2.45, 2.75) is 32.1 Å². The fraction of sp³-hybridized carbons (Fsp3) is 0.500. The minimum atomic E-state index is -0.154. The summed E-state index contributed by atoms with van der Waals surface area (Å²) in [6.45, 7) is 3.49. The van der Waals surface area contributed by atoms with Gasteiger partial charge in [-0.3, -0.25) is 9.59 Å². The van der Waals surface area contributed by atoms with Gasteiger partial charge in [-0.05, 0) is 43.9 Å². The molecule has 1 spiro atoms. The lowest BCUT2D eigenvalue weighted by Gasteiger charge is -2.42. The summed E-state index contributed by atoms with van der Waals surface area (Å²) in [6.07, 6.45) is 6.25. The van der Waals surface area contributed by atoms with Crippen LogP contribution >= 0.6 is 0 Å². The summed E-state index contributed by atoms with van der Waals surface area (Å²) >= 11 is 0. The summed E-state index contributed by atoms with van der Waals surface area (Å²) < 4.78 is 17.1. The van der Waals surface area contributed by atoms with Crippen molar-refractivity contribution in [1.29, 1.82) is 0 Å². The van der Waals surface area contributed by atoms with E-state index in [1.807, 2.05) is 23.1 Å². The summed E-state index contributed by atoms with van der Waals surface area (Å²) in [5.41, 5.74) is 1.05. The topological polar surface area (TPSA) is 90.0 Å². The molecule has 1 aromatic heterocycles. The van der Waals surface area contributed by atoms with Gasteiger partial charge in [-0.15, -0.1) is 0 Å². The summed E-state index contributed by atoms with van der Waals surface area (Å²) in [5.74, 6) is 0.921.